The minimum absolute atomic E-state index is 0.0155. The van der Waals surface area contributed by atoms with Crippen LogP contribution in [-0.2, 0) is 16.1 Å². The normalized spacial score (nSPS) is 10.2. The van der Waals surface area contributed by atoms with Gasteiger partial charge in [0.15, 0.2) is 0 Å². The van der Waals surface area contributed by atoms with Crippen molar-refractivity contribution >= 4 is 40.3 Å². The monoisotopic (exact) mass is 336 g/mol. The van der Waals surface area contributed by atoms with E-state index in [2.05, 4.69) is 10.6 Å². The largest absolute Gasteiger partial charge is 0.348 e. The van der Waals surface area contributed by atoms with E-state index in [0.29, 0.717) is 16.3 Å². The Morgan fingerprint density at radius 1 is 1.05 bits per heavy atom. The van der Waals surface area contributed by atoms with Gasteiger partial charge in [0.2, 0.25) is 5.78 Å². The standard InChI is InChI=1S/C15H16N2O3S2/c1-2-7-16-14(19)15(20)17-9-10-5-6-12(22-10)13(18)11-4-3-8-21-11/h3-6,8H,2,7,9H2,1H3,(H,16,19)(H,17,20). The van der Waals surface area contributed by atoms with Gasteiger partial charge in [-0.15, -0.1) is 22.7 Å². The fourth-order valence-corrected chi connectivity index (χ4v) is 3.33. The molecule has 5 nitrogen and oxygen atoms in total. The molecule has 0 aromatic carbocycles. The fourth-order valence-electron chi connectivity index (χ4n) is 1.69. The average molecular weight is 336 g/mol. The van der Waals surface area contributed by atoms with Gasteiger partial charge in [0, 0.05) is 11.4 Å². The quantitative estimate of drug-likeness (QED) is 0.627. The summed E-state index contributed by atoms with van der Waals surface area (Å²) in [5, 5.41) is 6.91. The molecular weight excluding hydrogens is 320 g/mol. The van der Waals surface area contributed by atoms with Crippen LogP contribution in [0.2, 0.25) is 0 Å². The second kappa shape index (κ2) is 7.86. The van der Waals surface area contributed by atoms with Crippen molar-refractivity contribution in [2.45, 2.75) is 19.9 Å². The number of carbonyl (C=O) groups excluding carboxylic acids is 3. The van der Waals surface area contributed by atoms with Crippen molar-refractivity contribution in [3.8, 4) is 0 Å². The van der Waals surface area contributed by atoms with Crippen LogP contribution in [0.5, 0.6) is 0 Å². The number of thiophene rings is 2. The molecule has 0 aliphatic carbocycles. The third-order valence-electron chi connectivity index (χ3n) is 2.80. The first-order chi connectivity index (χ1) is 10.6. The van der Waals surface area contributed by atoms with E-state index in [1.807, 2.05) is 18.4 Å². The third kappa shape index (κ3) is 4.25. The highest BCUT2D eigenvalue weighted by Gasteiger charge is 2.15. The van der Waals surface area contributed by atoms with E-state index in [0.717, 1.165) is 11.3 Å². The summed E-state index contributed by atoms with van der Waals surface area (Å²) in [5.41, 5.74) is 0. The summed E-state index contributed by atoms with van der Waals surface area (Å²) < 4.78 is 0. The predicted molar refractivity (Wildman–Crippen MR) is 87.2 cm³/mol. The smallest absolute Gasteiger partial charge is 0.309 e. The molecule has 0 saturated carbocycles. The summed E-state index contributed by atoms with van der Waals surface area (Å²) in [7, 11) is 0. The van der Waals surface area contributed by atoms with Gasteiger partial charge in [-0.2, -0.15) is 0 Å². The van der Waals surface area contributed by atoms with Gasteiger partial charge < -0.3 is 10.6 Å². The van der Waals surface area contributed by atoms with Crippen LogP contribution in [0.4, 0.5) is 0 Å². The number of hydrogen-bond donors (Lipinski definition) is 2. The maximum Gasteiger partial charge on any atom is 0.309 e. The highest BCUT2D eigenvalue weighted by Crippen LogP contribution is 2.22. The van der Waals surface area contributed by atoms with Crippen LogP contribution < -0.4 is 10.6 Å². The summed E-state index contributed by atoms with van der Waals surface area (Å²) in [4.78, 5) is 37.3. The number of hydrogen-bond acceptors (Lipinski definition) is 5. The van der Waals surface area contributed by atoms with Crippen LogP contribution in [0, 0.1) is 0 Å². The predicted octanol–water partition coefficient (Wildman–Crippen LogP) is 2.18. The van der Waals surface area contributed by atoms with Crippen molar-refractivity contribution < 1.29 is 14.4 Å². The highest BCUT2D eigenvalue weighted by atomic mass is 32.1. The molecule has 0 aliphatic rings. The minimum Gasteiger partial charge on any atom is -0.348 e. The molecule has 7 heteroatoms. The van der Waals surface area contributed by atoms with Crippen LogP contribution in [0.3, 0.4) is 0 Å². The van der Waals surface area contributed by atoms with Crippen molar-refractivity contribution in [3.05, 3.63) is 44.3 Å². The van der Waals surface area contributed by atoms with E-state index in [1.165, 1.54) is 22.7 Å². The molecule has 0 atom stereocenters. The first kappa shape index (κ1) is 16.4. The topological polar surface area (TPSA) is 75.3 Å². The lowest BCUT2D eigenvalue weighted by molar-refractivity contribution is -0.139. The van der Waals surface area contributed by atoms with Crippen molar-refractivity contribution in [3.63, 3.8) is 0 Å². The van der Waals surface area contributed by atoms with Crippen LogP contribution in [-0.4, -0.2) is 24.1 Å². The van der Waals surface area contributed by atoms with E-state index < -0.39 is 11.8 Å². The van der Waals surface area contributed by atoms with Crippen LogP contribution in [0.25, 0.3) is 0 Å². The Morgan fingerprint density at radius 2 is 1.82 bits per heavy atom. The molecule has 0 radical (unpaired) electrons. The third-order valence-corrected chi connectivity index (χ3v) is 4.75. The van der Waals surface area contributed by atoms with Crippen LogP contribution in [0.1, 0.15) is 32.8 Å². The van der Waals surface area contributed by atoms with Crippen molar-refractivity contribution in [2.24, 2.45) is 0 Å². The number of rotatable bonds is 6. The molecule has 2 rings (SSSR count). The fraction of sp³-hybridized carbons (Fsp3) is 0.267. The Hall–Kier alpha value is -1.99. The molecule has 0 saturated heterocycles. The van der Waals surface area contributed by atoms with Gasteiger partial charge >= 0.3 is 11.8 Å². The van der Waals surface area contributed by atoms with Gasteiger partial charge in [-0.1, -0.05) is 13.0 Å². The molecule has 0 spiro atoms. The molecule has 0 unspecified atom stereocenters. The Labute approximate surface area is 136 Å². The number of ketones is 1. The maximum absolute atomic E-state index is 12.2. The summed E-state index contributed by atoms with van der Waals surface area (Å²) in [6.07, 6.45) is 0.776. The van der Waals surface area contributed by atoms with Crippen molar-refractivity contribution in [1.82, 2.24) is 10.6 Å². The molecule has 0 aliphatic heterocycles. The molecule has 2 aromatic rings. The second-order valence-electron chi connectivity index (χ2n) is 4.51. The maximum atomic E-state index is 12.2. The first-order valence-electron chi connectivity index (χ1n) is 6.84. The van der Waals surface area contributed by atoms with Gasteiger partial charge in [-0.25, -0.2) is 0 Å². The summed E-state index contributed by atoms with van der Waals surface area (Å²) >= 11 is 2.72. The Morgan fingerprint density at radius 3 is 2.50 bits per heavy atom. The molecule has 2 N–H and O–H groups in total. The van der Waals surface area contributed by atoms with Gasteiger partial charge in [0.05, 0.1) is 16.3 Å². The van der Waals surface area contributed by atoms with E-state index >= 15 is 0 Å². The summed E-state index contributed by atoms with van der Waals surface area (Å²) in [6.45, 7) is 2.63. The van der Waals surface area contributed by atoms with E-state index in [-0.39, 0.29) is 12.3 Å². The zero-order valence-electron chi connectivity index (χ0n) is 12.0. The van der Waals surface area contributed by atoms with Crippen molar-refractivity contribution in [1.29, 1.82) is 0 Å². The Bertz CT molecular complexity index is 662. The lowest BCUT2D eigenvalue weighted by Crippen LogP contribution is -2.39. The summed E-state index contributed by atoms with van der Waals surface area (Å²) in [5.74, 6) is -1.31. The number of nitrogens with one attached hydrogen (secondary N) is 2. The molecule has 22 heavy (non-hydrogen) atoms. The van der Waals surface area contributed by atoms with E-state index in [4.69, 9.17) is 0 Å². The van der Waals surface area contributed by atoms with Gasteiger partial charge in [0.25, 0.3) is 0 Å². The Kier molecular flexibility index (Phi) is 5.85. The zero-order chi connectivity index (χ0) is 15.9. The number of carbonyl (C=O) groups is 3. The van der Waals surface area contributed by atoms with Gasteiger partial charge in [-0.3, -0.25) is 14.4 Å². The van der Waals surface area contributed by atoms with Crippen molar-refractivity contribution in [2.75, 3.05) is 6.54 Å². The molecule has 2 heterocycles. The lowest BCUT2D eigenvalue weighted by atomic mass is 10.3. The van der Waals surface area contributed by atoms with Crippen LogP contribution >= 0.6 is 22.7 Å². The zero-order valence-corrected chi connectivity index (χ0v) is 13.7. The van der Waals surface area contributed by atoms with E-state index in [1.54, 1.807) is 18.2 Å². The molecule has 116 valence electrons. The highest BCUT2D eigenvalue weighted by molar-refractivity contribution is 7.16. The van der Waals surface area contributed by atoms with Crippen LogP contribution in [0.15, 0.2) is 29.6 Å². The molecule has 0 bridgehead atoms. The summed E-state index contributed by atoms with van der Waals surface area (Å²) in [6, 6.07) is 7.15. The molecule has 0 fully saturated rings. The molecular formula is C15H16N2O3S2. The van der Waals surface area contributed by atoms with Gasteiger partial charge in [-0.05, 0) is 30.0 Å². The molecule has 2 amide bonds. The number of amides is 2. The Balaban J connectivity index is 1.88. The second-order valence-corrected chi connectivity index (χ2v) is 6.63. The van der Waals surface area contributed by atoms with E-state index in [9.17, 15) is 14.4 Å². The average Bonchev–Trinajstić information content (AvgIpc) is 3.20. The minimum atomic E-state index is -0.659. The molecule has 2 aromatic heterocycles. The first-order valence-corrected chi connectivity index (χ1v) is 8.54. The lowest BCUT2D eigenvalue weighted by Gasteiger charge is -2.04. The SMILES string of the molecule is CCCNC(=O)C(=O)NCc1ccc(C(=O)c2cccs2)s1. The van der Waals surface area contributed by atoms with Gasteiger partial charge in [0.1, 0.15) is 0 Å².